The first-order valence-corrected chi connectivity index (χ1v) is 4.92. The maximum atomic E-state index is 9.37. The minimum Gasteiger partial charge on any atom is -0.378 e. The van der Waals surface area contributed by atoms with E-state index in [1.54, 1.807) is 11.1 Å². The molecule has 0 aromatic heterocycles. The number of nitrogens with two attached hydrogens (primary N) is 1. The molecule has 0 saturated heterocycles. The molecule has 0 aromatic carbocycles. The maximum absolute atomic E-state index is 9.37. The van der Waals surface area contributed by atoms with E-state index in [0.717, 1.165) is 19.6 Å². The van der Waals surface area contributed by atoms with E-state index in [1.165, 1.54) is 0 Å². The smallest absolute Gasteiger partial charge is 0.111 e. The second-order valence-electron chi connectivity index (χ2n) is 3.31. The third kappa shape index (κ3) is 8.12. The lowest BCUT2D eigenvalue weighted by Gasteiger charge is -2.15. The zero-order chi connectivity index (χ0) is 10.8. The summed E-state index contributed by atoms with van der Waals surface area (Å²) in [6.45, 7) is 3.06. The van der Waals surface area contributed by atoms with Crippen LogP contribution in [0.1, 0.15) is 6.42 Å². The van der Waals surface area contributed by atoms with Crippen molar-refractivity contribution in [3.63, 3.8) is 0 Å². The Labute approximate surface area is 86.0 Å². The van der Waals surface area contributed by atoms with Crippen LogP contribution < -0.4 is 11.1 Å². The van der Waals surface area contributed by atoms with Gasteiger partial charge >= 0.3 is 0 Å². The molecule has 0 aliphatic carbocycles. The fraction of sp³-hybridized carbons (Fsp3) is 0.889. The van der Waals surface area contributed by atoms with Crippen molar-refractivity contribution in [3.05, 3.63) is 0 Å². The summed E-state index contributed by atoms with van der Waals surface area (Å²) in [4.78, 5) is 5.90. The predicted molar refractivity (Wildman–Crippen MR) is 59.6 cm³/mol. The minimum absolute atomic E-state index is 0.434. The van der Waals surface area contributed by atoms with E-state index in [-0.39, 0.29) is 0 Å². The quantitative estimate of drug-likeness (QED) is 0.265. The Kier molecular flexibility index (Phi) is 8.76. The van der Waals surface area contributed by atoms with Gasteiger partial charge in [-0.3, -0.25) is 9.89 Å². The molecule has 0 amide bonds. The van der Waals surface area contributed by atoms with Gasteiger partial charge in [0.15, 0.2) is 0 Å². The molecule has 5 nitrogen and oxygen atoms in total. The average Bonchev–Trinajstić information content (AvgIpc) is 2.16. The molecule has 1 unspecified atom stereocenters. The van der Waals surface area contributed by atoms with E-state index in [1.807, 2.05) is 14.1 Å². The van der Waals surface area contributed by atoms with Crippen molar-refractivity contribution in [2.24, 2.45) is 10.7 Å². The van der Waals surface area contributed by atoms with Crippen LogP contribution in [0, 0.1) is 0 Å². The number of rotatable bonds is 8. The lowest BCUT2D eigenvalue weighted by molar-refractivity contribution is 0.0482. The molecule has 0 spiro atoms. The number of nitrogens with one attached hydrogen (secondary N) is 1. The van der Waals surface area contributed by atoms with Crippen molar-refractivity contribution >= 4 is 6.21 Å². The zero-order valence-electron chi connectivity index (χ0n) is 9.11. The number of nitrogens with zero attached hydrogens (tertiary/aromatic N) is 2. The van der Waals surface area contributed by atoms with Gasteiger partial charge in [-0.2, -0.15) is 0 Å². The second-order valence-corrected chi connectivity index (χ2v) is 3.31. The molecule has 0 radical (unpaired) electrons. The first kappa shape index (κ1) is 13.5. The third-order valence-corrected chi connectivity index (χ3v) is 1.78. The van der Waals surface area contributed by atoms with Gasteiger partial charge in [0.05, 0.1) is 6.54 Å². The SMILES string of the molecule is CN(C)C(O)CC=NCCNCCN. The van der Waals surface area contributed by atoms with Crippen LogP contribution in [0.4, 0.5) is 0 Å². The second kappa shape index (κ2) is 9.08. The van der Waals surface area contributed by atoms with E-state index < -0.39 is 6.23 Å². The average molecular weight is 202 g/mol. The van der Waals surface area contributed by atoms with Crippen LogP contribution in [-0.4, -0.2) is 62.7 Å². The highest BCUT2D eigenvalue weighted by molar-refractivity contribution is 5.57. The highest BCUT2D eigenvalue weighted by Gasteiger charge is 2.02. The molecule has 0 saturated carbocycles. The summed E-state index contributed by atoms with van der Waals surface area (Å²) in [5.41, 5.74) is 5.30. The molecule has 14 heavy (non-hydrogen) atoms. The minimum atomic E-state index is -0.434. The molecule has 0 rings (SSSR count). The standard InChI is InChI=1S/C9H22N4O/c1-13(2)9(14)3-5-11-7-8-12-6-4-10/h5,9,12,14H,3-4,6-8,10H2,1-2H3. The van der Waals surface area contributed by atoms with Gasteiger partial charge in [0.2, 0.25) is 0 Å². The van der Waals surface area contributed by atoms with Gasteiger partial charge < -0.3 is 16.2 Å². The zero-order valence-corrected chi connectivity index (χ0v) is 9.11. The number of hydrogen-bond donors (Lipinski definition) is 3. The molecule has 0 bridgehead atoms. The summed E-state index contributed by atoms with van der Waals surface area (Å²) in [5, 5.41) is 12.5. The van der Waals surface area contributed by atoms with Crippen LogP contribution in [0.2, 0.25) is 0 Å². The van der Waals surface area contributed by atoms with E-state index in [2.05, 4.69) is 10.3 Å². The van der Waals surface area contributed by atoms with E-state index in [4.69, 9.17) is 5.73 Å². The first-order chi connectivity index (χ1) is 6.68. The van der Waals surface area contributed by atoms with E-state index >= 15 is 0 Å². The maximum Gasteiger partial charge on any atom is 0.111 e. The molecular weight excluding hydrogens is 180 g/mol. The van der Waals surface area contributed by atoms with Crippen molar-refractivity contribution < 1.29 is 5.11 Å². The Hall–Kier alpha value is -0.490. The van der Waals surface area contributed by atoms with Crippen molar-refractivity contribution in [1.29, 1.82) is 0 Å². The van der Waals surface area contributed by atoms with Gasteiger partial charge in [-0.25, -0.2) is 0 Å². The van der Waals surface area contributed by atoms with Crippen molar-refractivity contribution in [1.82, 2.24) is 10.2 Å². The number of aliphatic imine (C=N–C) groups is 1. The molecule has 0 heterocycles. The van der Waals surface area contributed by atoms with Crippen LogP contribution in [0.15, 0.2) is 4.99 Å². The summed E-state index contributed by atoms with van der Waals surface area (Å²) in [5.74, 6) is 0. The molecule has 5 heteroatoms. The Morgan fingerprint density at radius 1 is 1.50 bits per heavy atom. The van der Waals surface area contributed by atoms with E-state index in [0.29, 0.717) is 13.0 Å². The van der Waals surface area contributed by atoms with Crippen LogP contribution in [0.25, 0.3) is 0 Å². The number of aliphatic hydroxyl groups is 1. The fourth-order valence-electron chi connectivity index (χ4n) is 0.842. The monoisotopic (exact) mass is 202 g/mol. The van der Waals surface area contributed by atoms with Gasteiger partial charge in [-0.1, -0.05) is 0 Å². The summed E-state index contributed by atoms with van der Waals surface area (Å²) in [6, 6.07) is 0. The highest BCUT2D eigenvalue weighted by Crippen LogP contribution is 1.90. The van der Waals surface area contributed by atoms with Crippen LogP contribution in [-0.2, 0) is 0 Å². The van der Waals surface area contributed by atoms with Crippen molar-refractivity contribution in [2.75, 3.05) is 40.3 Å². The van der Waals surface area contributed by atoms with Gasteiger partial charge in [-0.05, 0) is 14.1 Å². The summed E-state index contributed by atoms with van der Waals surface area (Å²) in [7, 11) is 3.67. The molecule has 0 aromatic rings. The van der Waals surface area contributed by atoms with Crippen molar-refractivity contribution in [3.8, 4) is 0 Å². The Morgan fingerprint density at radius 3 is 2.79 bits per heavy atom. The van der Waals surface area contributed by atoms with Crippen LogP contribution in [0.3, 0.4) is 0 Å². The largest absolute Gasteiger partial charge is 0.378 e. The number of hydrogen-bond acceptors (Lipinski definition) is 5. The Balaban J connectivity index is 3.27. The highest BCUT2D eigenvalue weighted by atomic mass is 16.3. The summed E-state index contributed by atoms with van der Waals surface area (Å²) in [6.07, 6.45) is 1.90. The van der Waals surface area contributed by atoms with Gasteiger partial charge in [0.1, 0.15) is 6.23 Å². The Morgan fingerprint density at radius 2 is 2.21 bits per heavy atom. The predicted octanol–water partition coefficient (Wildman–Crippen LogP) is -1.12. The van der Waals surface area contributed by atoms with E-state index in [9.17, 15) is 5.11 Å². The molecule has 4 N–H and O–H groups in total. The third-order valence-electron chi connectivity index (χ3n) is 1.78. The summed E-state index contributed by atoms with van der Waals surface area (Å²) < 4.78 is 0. The van der Waals surface area contributed by atoms with Gasteiger partial charge in [-0.15, -0.1) is 0 Å². The fourth-order valence-corrected chi connectivity index (χ4v) is 0.842. The van der Waals surface area contributed by atoms with Crippen molar-refractivity contribution in [2.45, 2.75) is 12.6 Å². The molecule has 1 atom stereocenters. The Bertz CT molecular complexity index is 150. The molecule has 84 valence electrons. The first-order valence-electron chi connectivity index (χ1n) is 4.92. The molecular formula is C9H22N4O. The lowest BCUT2D eigenvalue weighted by Crippen LogP contribution is -2.27. The summed E-state index contributed by atoms with van der Waals surface area (Å²) >= 11 is 0. The molecule has 0 aliphatic rings. The van der Waals surface area contributed by atoms with Gasteiger partial charge in [0, 0.05) is 32.3 Å². The van der Waals surface area contributed by atoms with Gasteiger partial charge in [0.25, 0.3) is 0 Å². The van der Waals surface area contributed by atoms with Crippen LogP contribution in [0.5, 0.6) is 0 Å². The topological polar surface area (TPSA) is 73.9 Å². The molecule has 0 fully saturated rings. The normalized spacial score (nSPS) is 14.1. The molecule has 0 aliphatic heterocycles. The number of aliphatic hydroxyl groups excluding tert-OH is 1. The lowest BCUT2D eigenvalue weighted by atomic mass is 10.4. The van der Waals surface area contributed by atoms with Crippen LogP contribution >= 0.6 is 0 Å².